The number of anilines is 3. The zero-order valence-corrected chi connectivity index (χ0v) is 43.8. The minimum atomic E-state index is -0.582. The molecule has 0 amide bonds. The van der Waals surface area contributed by atoms with Gasteiger partial charge in [0, 0.05) is 45.5 Å². The monoisotopic (exact) mass is 909 g/mol. The van der Waals surface area contributed by atoms with Crippen molar-refractivity contribution in [1.82, 2.24) is 9.55 Å². The topological polar surface area (TPSA) is 42.6 Å². The van der Waals surface area contributed by atoms with E-state index in [-0.39, 0.29) is 16.2 Å². The number of rotatable bonds is 4. The van der Waals surface area contributed by atoms with Crippen molar-refractivity contribution in [3.05, 3.63) is 182 Å². The number of hydrogen-bond donors (Lipinski definition) is 0. The molecule has 6 aromatic carbocycles. The number of aliphatic imine (C=N–C) groups is 1. The molecule has 4 heterocycles. The molecule has 0 unspecified atom stereocenters. The molecular formula is C64H68N4O. The molecule has 5 heteroatoms. The minimum Gasteiger partial charge on any atom is -0.467 e. The molecule has 5 nitrogen and oxygen atoms in total. The van der Waals surface area contributed by atoms with Crippen LogP contribution in [0.4, 0.5) is 17.1 Å². The van der Waals surface area contributed by atoms with Gasteiger partial charge in [-0.05, 0) is 183 Å². The van der Waals surface area contributed by atoms with E-state index in [1.54, 1.807) is 0 Å². The summed E-state index contributed by atoms with van der Waals surface area (Å²) >= 11 is 0. The van der Waals surface area contributed by atoms with E-state index in [1.165, 1.54) is 88.8 Å². The lowest BCUT2D eigenvalue weighted by molar-refractivity contribution is -0.0673. The maximum atomic E-state index is 7.61. The first kappa shape index (κ1) is 45.0. The van der Waals surface area contributed by atoms with Gasteiger partial charge in [-0.25, -0.2) is 9.98 Å². The van der Waals surface area contributed by atoms with Crippen LogP contribution < -0.4 is 4.90 Å². The molecule has 0 bridgehead atoms. The van der Waals surface area contributed by atoms with Crippen LogP contribution in [0.15, 0.2) is 114 Å². The van der Waals surface area contributed by atoms with Gasteiger partial charge in [0.05, 0.1) is 22.4 Å². The normalized spacial score (nSPS) is 19.4. The fourth-order valence-electron chi connectivity index (χ4n) is 12.7. The van der Waals surface area contributed by atoms with Crippen LogP contribution in [-0.2, 0) is 27.5 Å². The van der Waals surface area contributed by atoms with Gasteiger partial charge in [0.1, 0.15) is 17.0 Å². The molecule has 0 radical (unpaired) electrons. The zero-order valence-electron chi connectivity index (χ0n) is 43.8. The third-order valence-electron chi connectivity index (χ3n) is 16.5. The SMILES string of the molecule is Cc1cc(C)c(-c2cc(C3=N[C@]4(C)c5cc(C)c(C)cc5C[C@]4(C(C)(C)C)O3)cc(N3c4ccc(C)cc4C(C)(C)c4cc5c6cc(C)ccc6n(-c6cc(C(C)(C)C)ccn6)c5cc43)c2)c(C)c1. The van der Waals surface area contributed by atoms with Crippen LogP contribution in [0.25, 0.3) is 38.8 Å². The van der Waals surface area contributed by atoms with Gasteiger partial charge in [0.25, 0.3) is 0 Å². The Hall–Kier alpha value is -6.46. The Balaban J connectivity index is 1.22. The molecule has 0 saturated carbocycles. The summed E-state index contributed by atoms with van der Waals surface area (Å²) in [5.74, 6) is 1.63. The molecule has 2 aliphatic heterocycles. The first-order valence-electron chi connectivity index (χ1n) is 25.0. The lowest BCUT2D eigenvalue weighted by atomic mass is 9.66. The average Bonchev–Trinajstić information content (AvgIpc) is 3.84. The van der Waals surface area contributed by atoms with Crippen molar-refractivity contribution >= 4 is 44.8 Å². The number of hydrogen-bond acceptors (Lipinski definition) is 4. The highest BCUT2D eigenvalue weighted by Crippen LogP contribution is 2.61. The number of ether oxygens (including phenoxy) is 1. The van der Waals surface area contributed by atoms with Crippen LogP contribution in [0.5, 0.6) is 0 Å². The molecule has 2 atom stereocenters. The third kappa shape index (κ3) is 6.55. The van der Waals surface area contributed by atoms with Crippen LogP contribution in [0.1, 0.15) is 135 Å². The number of aryl methyl sites for hydroxylation is 7. The van der Waals surface area contributed by atoms with E-state index < -0.39 is 11.1 Å². The highest BCUT2D eigenvalue weighted by atomic mass is 16.5. The standard InChI is InChI=1S/C64H68N4O/c1-36-17-19-53-48(25-36)49-33-52-56(34-55(49)68(53)57-32-46(21-22-65-57)60(8,9)10)67(54-20-18-37(2)26-51(54)62(52,14)15)47-30-43(58-41(6)23-38(3)24-42(58)7)29-44(31-47)59-66-63(16)50-28-40(5)39(4)27-45(50)35-64(63,69-59)61(11,12)13/h17-34H,35H2,1-16H3/t63-,64-/m1/s1. The second kappa shape index (κ2) is 14.8. The first-order valence-corrected chi connectivity index (χ1v) is 25.0. The van der Waals surface area contributed by atoms with Gasteiger partial charge in [0.15, 0.2) is 0 Å². The lowest BCUT2D eigenvalue weighted by Gasteiger charge is -2.45. The summed E-state index contributed by atoms with van der Waals surface area (Å²) in [7, 11) is 0. The van der Waals surface area contributed by atoms with Gasteiger partial charge < -0.3 is 9.64 Å². The molecule has 0 N–H and O–H groups in total. The van der Waals surface area contributed by atoms with E-state index in [2.05, 4.69) is 223 Å². The Morgan fingerprint density at radius 2 is 1.22 bits per heavy atom. The van der Waals surface area contributed by atoms with Gasteiger partial charge in [0.2, 0.25) is 5.90 Å². The summed E-state index contributed by atoms with van der Waals surface area (Å²) in [4.78, 5) is 13.5. The Kier molecular flexibility index (Phi) is 9.64. The highest BCUT2D eigenvalue weighted by molar-refractivity contribution is 6.12. The molecule has 350 valence electrons. The molecule has 2 aromatic heterocycles. The second-order valence-corrected chi connectivity index (χ2v) is 23.9. The van der Waals surface area contributed by atoms with Crippen molar-refractivity contribution in [3.8, 4) is 16.9 Å². The Bertz CT molecular complexity index is 3530. The lowest BCUT2D eigenvalue weighted by Crippen LogP contribution is -2.54. The highest BCUT2D eigenvalue weighted by Gasteiger charge is 2.66. The summed E-state index contributed by atoms with van der Waals surface area (Å²) in [6.45, 7) is 36.5. The molecular weight excluding hydrogens is 841 g/mol. The maximum absolute atomic E-state index is 7.61. The number of pyridine rings is 1. The summed E-state index contributed by atoms with van der Waals surface area (Å²) in [5.41, 5.74) is 22.6. The number of fused-ring (bicyclic) bond motifs is 8. The van der Waals surface area contributed by atoms with Gasteiger partial charge in [-0.2, -0.15) is 0 Å². The molecule has 69 heavy (non-hydrogen) atoms. The number of nitrogens with zero attached hydrogens (tertiary/aromatic N) is 4. The van der Waals surface area contributed by atoms with Crippen LogP contribution in [0.2, 0.25) is 0 Å². The maximum Gasteiger partial charge on any atom is 0.217 e. The van der Waals surface area contributed by atoms with Crippen molar-refractivity contribution in [3.63, 3.8) is 0 Å². The van der Waals surface area contributed by atoms with Crippen LogP contribution in [0, 0.1) is 53.9 Å². The zero-order chi connectivity index (χ0) is 49.1. The predicted molar refractivity (Wildman–Crippen MR) is 290 cm³/mol. The van der Waals surface area contributed by atoms with Crippen LogP contribution in [0.3, 0.4) is 0 Å². The Morgan fingerprint density at radius 3 is 1.93 bits per heavy atom. The number of aromatic nitrogens is 2. The molecule has 8 aromatic rings. The average molecular weight is 909 g/mol. The molecule has 0 fully saturated rings. The molecule has 1 aliphatic carbocycles. The van der Waals surface area contributed by atoms with Gasteiger partial charge in [-0.1, -0.05) is 115 Å². The van der Waals surface area contributed by atoms with E-state index >= 15 is 0 Å². The van der Waals surface area contributed by atoms with E-state index in [9.17, 15) is 0 Å². The molecule has 11 rings (SSSR count). The summed E-state index contributed by atoms with van der Waals surface area (Å²) in [6, 6.07) is 39.8. The van der Waals surface area contributed by atoms with E-state index in [0.717, 1.165) is 45.8 Å². The summed E-state index contributed by atoms with van der Waals surface area (Å²) in [5, 5.41) is 2.46. The van der Waals surface area contributed by atoms with E-state index in [1.807, 2.05) is 6.20 Å². The van der Waals surface area contributed by atoms with Crippen molar-refractivity contribution in [2.75, 3.05) is 4.90 Å². The Labute approximate surface area is 410 Å². The van der Waals surface area contributed by atoms with Crippen molar-refractivity contribution in [2.45, 2.75) is 139 Å². The second-order valence-electron chi connectivity index (χ2n) is 23.9. The van der Waals surface area contributed by atoms with E-state index in [0.29, 0.717) is 5.90 Å². The number of benzene rings is 6. The minimum absolute atomic E-state index is 0.0386. The van der Waals surface area contributed by atoms with Gasteiger partial charge in [-0.15, -0.1) is 0 Å². The van der Waals surface area contributed by atoms with Crippen LogP contribution in [-0.4, -0.2) is 21.0 Å². The molecule has 3 aliphatic rings. The fraction of sp³-hybridized carbons (Fsp3) is 0.344. The third-order valence-corrected chi connectivity index (χ3v) is 16.5. The largest absolute Gasteiger partial charge is 0.467 e. The fourth-order valence-corrected chi connectivity index (χ4v) is 12.7. The summed E-state index contributed by atoms with van der Waals surface area (Å²) < 4.78 is 10.0. The summed E-state index contributed by atoms with van der Waals surface area (Å²) in [6.07, 6.45) is 2.78. The van der Waals surface area contributed by atoms with Crippen molar-refractivity contribution in [2.24, 2.45) is 10.4 Å². The predicted octanol–water partition coefficient (Wildman–Crippen LogP) is 16.4. The first-order chi connectivity index (χ1) is 32.4. The van der Waals surface area contributed by atoms with Gasteiger partial charge in [-0.3, -0.25) is 4.57 Å². The molecule has 0 spiro atoms. The van der Waals surface area contributed by atoms with Crippen molar-refractivity contribution < 1.29 is 4.74 Å². The smallest absolute Gasteiger partial charge is 0.217 e. The Morgan fingerprint density at radius 1 is 0.565 bits per heavy atom. The van der Waals surface area contributed by atoms with Gasteiger partial charge >= 0.3 is 0 Å². The molecule has 0 saturated heterocycles. The van der Waals surface area contributed by atoms with Crippen LogP contribution >= 0.6 is 0 Å². The quantitative estimate of drug-likeness (QED) is 0.177. The van der Waals surface area contributed by atoms with E-state index in [4.69, 9.17) is 14.7 Å². The van der Waals surface area contributed by atoms with Crippen molar-refractivity contribution in [1.29, 1.82) is 0 Å².